The minimum Gasteiger partial charge on any atom is -0.486 e. The van der Waals surface area contributed by atoms with Gasteiger partial charge >= 0.3 is 0 Å². The zero-order chi connectivity index (χ0) is 25.9. The molecule has 1 aliphatic rings. The minimum atomic E-state index is -0.239. The van der Waals surface area contributed by atoms with Crippen LogP contribution in [0.15, 0.2) is 47.5 Å². The summed E-state index contributed by atoms with van der Waals surface area (Å²) in [6.07, 6.45) is 0. The number of anilines is 1. The van der Waals surface area contributed by atoms with Crippen molar-refractivity contribution in [3.05, 3.63) is 70.5 Å². The molecule has 0 aliphatic carbocycles. The average Bonchev–Trinajstić information content (AvgIpc) is 3.14. The van der Waals surface area contributed by atoms with Gasteiger partial charge in [-0.25, -0.2) is 4.99 Å². The number of hydrogen-bond acceptors (Lipinski definition) is 5. The zero-order valence-corrected chi connectivity index (χ0v) is 21.9. The summed E-state index contributed by atoms with van der Waals surface area (Å²) in [5.74, 6) is 1.47. The normalized spacial score (nSPS) is 13.4. The van der Waals surface area contributed by atoms with E-state index in [2.05, 4.69) is 43.4 Å². The number of guanidine groups is 1. The maximum absolute atomic E-state index is 13.1. The number of aromatic nitrogens is 2. The van der Waals surface area contributed by atoms with Gasteiger partial charge in [0, 0.05) is 35.1 Å². The second-order valence-electron chi connectivity index (χ2n) is 9.89. The molecule has 36 heavy (non-hydrogen) atoms. The summed E-state index contributed by atoms with van der Waals surface area (Å²) in [5, 5.41) is 10.8. The minimum absolute atomic E-state index is 0.0140. The van der Waals surface area contributed by atoms with Crippen LogP contribution in [0.1, 0.15) is 60.6 Å². The van der Waals surface area contributed by atoms with Gasteiger partial charge in [0.2, 0.25) is 5.96 Å². The second-order valence-corrected chi connectivity index (χ2v) is 9.89. The number of amides is 1. The van der Waals surface area contributed by atoms with Crippen LogP contribution < -0.4 is 20.1 Å². The van der Waals surface area contributed by atoms with E-state index in [-0.39, 0.29) is 11.3 Å². The van der Waals surface area contributed by atoms with E-state index in [9.17, 15) is 4.79 Å². The van der Waals surface area contributed by atoms with Crippen molar-refractivity contribution in [2.24, 2.45) is 4.99 Å². The molecule has 2 N–H and O–H groups in total. The summed E-state index contributed by atoms with van der Waals surface area (Å²) >= 11 is 0. The second kappa shape index (κ2) is 10.4. The molecule has 190 valence electrons. The zero-order valence-electron chi connectivity index (χ0n) is 21.9. The first kappa shape index (κ1) is 25.3. The van der Waals surface area contributed by atoms with Crippen LogP contribution in [0.3, 0.4) is 0 Å². The molecule has 8 nitrogen and oxygen atoms in total. The van der Waals surface area contributed by atoms with Gasteiger partial charge in [0.25, 0.3) is 5.91 Å². The SMILES string of the molecule is CCn1nc(C)c(CN=C(NC(=O)c2ccc(C(C)(C)C)cc2)Nc2ccc3c(c2)OCCO3)c1C. The third-order valence-corrected chi connectivity index (χ3v) is 6.28. The van der Waals surface area contributed by atoms with Crippen LogP contribution in [0.2, 0.25) is 0 Å². The van der Waals surface area contributed by atoms with Crippen molar-refractivity contribution in [2.75, 3.05) is 18.5 Å². The van der Waals surface area contributed by atoms with Crippen molar-refractivity contribution in [1.29, 1.82) is 0 Å². The van der Waals surface area contributed by atoms with Crippen molar-refractivity contribution < 1.29 is 14.3 Å². The number of nitrogens with one attached hydrogen (secondary N) is 2. The monoisotopic (exact) mass is 489 g/mol. The third kappa shape index (κ3) is 5.70. The number of hydrogen-bond donors (Lipinski definition) is 2. The molecule has 3 aromatic rings. The highest BCUT2D eigenvalue weighted by atomic mass is 16.6. The van der Waals surface area contributed by atoms with E-state index in [0.717, 1.165) is 29.2 Å². The van der Waals surface area contributed by atoms with E-state index in [0.29, 0.717) is 42.8 Å². The van der Waals surface area contributed by atoms with Gasteiger partial charge < -0.3 is 14.8 Å². The van der Waals surface area contributed by atoms with Crippen LogP contribution in [0.4, 0.5) is 5.69 Å². The number of rotatable bonds is 5. The van der Waals surface area contributed by atoms with Crippen LogP contribution in [-0.4, -0.2) is 34.9 Å². The van der Waals surface area contributed by atoms with Gasteiger partial charge in [-0.15, -0.1) is 0 Å². The largest absolute Gasteiger partial charge is 0.486 e. The number of carbonyl (C=O) groups is 1. The van der Waals surface area contributed by atoms with Gasteiger partial charge in [-0.2, -0.15) is 5.10 Å². The van der Waals surface area contributed by atoms with E-state index in [1.54, 1.807) is 0 Å². The summed E-state index contributed by atoms with van der Waals surface area (Å²) < 4.78 is 13.3. The fourth-order valence-electron chi connectivity index (χ4n) is 4.10. The quantitative estimate of drug-likeness (QED) is 0.389. The Labute approximate surface area is 212 Å². The van der Waals surface area contributed by atoms with Crippen LogP contribution in [-0.2, 0) is 18.5 Å². The van der Waals surface area contributed by atoms with Crippen LogP contribution >= 0.6 is 0 Å². The van der Waals surface area contributed by atoms with E-state index >= 15 is 0 Å². The molecule has 2 aromatic carbocycles. The molecule has 0 saturated carbocycles. The van der Waals surface area contributed by atoms with Crippen molar-refractivity contribution in [3.8, 4) is 11.5 Å². The Morgan fingerprint density at radius 1 is 1.06 bits per heavy atom. The maximum Gasteiger partial charge on any atom is 0.257 e. The van der Waals surface area contributed by atoms with Crippen LogP contribution in [0.5, 0.6) is 11.5 Å². The number of ether oxygens (including phenoxy) is 2. The molecule has 0 bridgehead atoms. The predicted molar refractivity (Wildman–Crippen MR) is 142 cm³/mol. The smallest absolute Gasteiger partial charge is 0.257 e. The Morgan fingerprint density at radius 2 is 1.75 bits per heavy atom. The maximum atomic E-state index is 13.1. The molecule has 1 aromatic heterocycles. The molecule has 8 heteroatoms. The molecule has 1 amide bonds. The third-order valence-electron chi connectivity index (χ3n) is 6.28. The number of aliphatic imine (C=N–C) groups is 1. The average molecular weight is 490 g/mol. The first-order chi connectivity index (χ1) is 17.2. The molecule has 0 radical (unpaired) electrons. The van der Waals surface area contributed by atoms with Gasteiger partial charge in [0.1, 0.15) is 13.2 Å². The Morgan fingerprint density at radius 3 is 2.39 bits per heavy atom. The predicted octanol–water partition coefficient (Wildman–Crippen LogP) is 4.99. The van der Waals surface area contributed by atoms with E-state index in [1.165, 1.54) is 5.56 Å². The van der Waals surface area contributed by atoms with Gasteiger partial charge in [0.15, 0.2) is 11.5 Å². The van der Waals surface area contributed by atoms with Crippen molar-refractivity contribution in [1.82, 2.24) is 15.1 Å². The highest BCUT2D eigenvalue weighted by Crippen LogP contribution is 2.32. The highest BCUT2D eigenvalue weighted by molar-refractivity contribution is 6.10. The van der Waals surface area contributed by atoms with Crippen LogP contribution in [0.25, 0.3) is 0 Å². The van der Waals surface area contributed by atoms with E-state index in [4.69, 9.17) is 14.5 Å². The van der Waals surface area contributed by atoms with E-state index in [1.807, 2.05) is 61.0 Å². The molecule has 2 heterocycles. The molecule has 0 unspecified atom stereocenters. The number of carbonyl (C=O) groups excluding carboxylic acids is 1. The number of aryl methyl sites for hydroxylation is 2. The molecular formula is C28H35N5O3. The standard InChI is InChI=1S/C28H35N5O3/c1-7-33-19(3)23(18(2)32-33)17-29-27(30-22-12-13-24-25(16-22)36-15-14-35-24)31-26(34)20-8-10-21(11-9-20)28(4,5)6/h8-13,16H,7,14-15,17H2,1-6H3,(H2,29,30,31,34). The molecule has 0 saturated heterocycles. The lowest BCUT2D eigenvalue weighted by Crippen LogP contribution is -2.36. The summed E-state index contributed by atoms with van der Waals surface area (Å²) in [6, 6.07) is 13.2. The molecular weight excluding hydrogens is 454 g/mol. The summed E-state index contributed by atoms with van der Waals surface area (Å²) in [6.45, 7) is 14.7. The first-order valence-corrected chi connectivity index (χ1v) is 12.3. The molecule has 0 fully saturated rings. The summed E-state index contributed by atoms with van der Waals surface area (Å²) in [4.78, 5) is 17.9. The lowest BCUT2D eigenvalue weighted by molar-refractivity contribution is 0.0977. The van der Waals surface area contributed by atoms with Gasteiger partial charge in [-0.05, 0) is 56.0 Å². The van der Waals surface area contributed by atoms with Gasteiger partial charge in [0.05, 0.1) is 12.2 Å². The summed E-state index contributed by atoms with van der Waals surface area (Å²) in [7, 11) is 0. The van der Waals surface area contributed by atoms with Crippen molar-refractivity contribution >= 4 is 17.6 Å². The number of nitrogens with zero attached hydrogens (tertiary/aromatic N) is 3. The van der Waals surface area contributed by atoms with E-state index < -0.39 is 0 Å². The Bertz CT molecular complexity index is 1270. The fraction of sp³-hybridized carbons (Fsp3) is 0.393. The Kier molecular flexibility index (Phi) is 7.33. The Balaban J connectivity index is 1.59. The van der Waals surface area contributed by atoms with Gasteiger partial charge in [-0.3, -0.25) is 14.8 Å². The number of fused-ring (bicyclic) bond motifs is 1. The van der Waals surface area contributed by atoms with Gasteiger partial charge in [-0.1, -0.05) is 32.9 Å². The van der Waals surface area contributed by atoms with Crippen LogP contribution in [0, 0.1) is 13.8 Å². The number of benzene rings is 2. The molecule has 0 spiro atoms. The van der Waals surface area contributed by atoms with Crippen molar-refractivity contribution in [3.63, 3.8) is 0 Å². The lowest BCUT2D eigenvalue weighted by Gasteiger charge is -2.20. The highest BCUT2D eigenvalue weighted by Gasteiger charge is 2.17. The summed E-state index contributed by atoms with van der Waals surface area (Å²) in [5.41, 5.74) is 5.52. The molecule has 4 rings (SSSR count). The fourth-order valence-corrected chi connectivity index (χ4v) is 4.10. The topological polar surface area (TPSA) is 89.8 Å². The molecule has 0 atom stereocenters. The Hall–Kier alpha value is -3.81. The first-order valence-electron chi connectivity index (χ1n) is 12.3. The van der Waals surface area contributed by atoms with Crippen molar-refractivity contribution in [2.45, 2.75) is 60.0 Å². The molecule has 1 aliphatic heterocycles. The lowest BCUT2D eigenvalue weighted by atomic mass is 9.87.